The lowest BCUT2D eigenvalue weighted by molar-refractivity contribution is -0.923. The first-order chi connectivity index (χ1) is 14.0. The quantitative estimate of drug-likeness (QED) is 0.174. The smallest absolute Gasteiger partial charge is 0.501 e. The molecular formula is C21H47ClN2O5Si. The molecule has 9 heteroatoms. The van der Waals surface area contributed by atoms with Gasteiger partial charge >= 0.3 is 14.9 Å². The van der Waals surface area contributed by atoms with Crippen molar-refractivity contribution in [2.75, 3.05) is 59.2 Å². The first kappa shape index (κ1) is 31.8. The van der Waals surface area contributed by atoms with Crippen LogP contribution in [0.15, 0.2) is 0 Å². The van der Waals surface area contributed by atoms with Gasteiger partial charge in [0.25, 0.3) is 0 Å². The number of ether oxygens (including phenoxy) is 1. The fourth-order valence-electron chi connectivity index (χ4n) is 3.14. The maximum Gasteiger partial charge on any atom is 0.501 e. The van der Waals surface area contributed by atoms with E-state index in [-0.39, 0.29) is 18.5 Å². The van der Waals surface area contributed by atoms with Crippen LogP contribution in [-0.4, -0.2) is 78.5 Å². The summed E-state index contributed by atoms with van der Waals surface area (Å²) in [6.45, 7) is 19.7. The molecule has 7 nitrogen and oxygen atoms in total. The normalized spacial score (nSPS) is 11.8. The molecule has 30 heavy (non-hydrogen) atoms. The zero-order valence-electron chi connectivity index (χ0n) is 20.3. The molecule has 182 valence electrons. The number of hydrogen-bond donors (Lipinski definition) is 1. The number of hydrogen-bond acceptors (Lipinski definition) is 5. The first-order valence-electron chi connectivity index (χ1n) is 11.6. The van der Waals surface area contributed by atoms with Crippen LogP contribution in [0.3, 0.4) is 0 Å². The maximum atomic E-state index is 12.0. The molecular weight excluding hydrogens is 424 g/mol. The second-order valence-electron chi connectivity index (χ2n) is 7.41. The van der Waals surface area contributed by atoms with Crippen LogP contribution in [-0.2, 0) is 18.0 Å². The Morgan fingerprint density at radius 2 is 1.27 bits per heavy atom. The van der Waals surface area contributed by atoms with Crippen molar-refractivity contribution in [3.05, 3.63) is 0 Å². The largest absolute Gasteiger partial charge is 1.00 e. The lowest BCUT2D eigenvalue weighted by Gasteiger charge is -2.35. The third-order valence-corrected chi connectivity index (χ3v) is 8.22. The SMILES string of the molecule is CCCO[Si](CCCNC(=O)OCC[N+](CC)(CC)CC)(OCCC)OCCC.[Cl-]. The zero-order valence-corrected chi connectivity index (χ0v) is 22.0. The molecule has 0 aromatic rings. The third-order valence-electron chi connectivity index (χ3n) is 5.32. The summed E-state index contributed by atoms with van der Waals surface area (Å²) < 4.78 is 24.6. The van der Waals surface area contributed by atoms with Crippen molar-refractivity contribution in [1.82, 2.24) is 5.32 Å². The van der Waals surface area contributed by atoms with Crippen molar-refractivity contribution in [2.45, 2.75) is 73.3 Å². The Labute approximate surface area is 192 Å². The molecule has 0 spiro atoms. The van der Waals surface area contributed by atoms with E-state index < -0.39 is 8.80 Å². The Kier molecular flexibility index (Phi) is 20.5. The van der Waals surface area contributed by atoms with Gasteiger partial charge in [0.2, 0.25) is 0 Å². The standard InChI is InChI=1S/C21H46N2O5Si.ClH/c1-7-16-26-29(27-17-8-2,28-18-9-3)20-13-14-22-21(24)25-19-15-23(10-4,11-5)12-6;/h7-20H2,1-6H3;1H. The number of halogens is 1. The molecule has 0 bridgehead atoms. The van der Waals surface area contributed by atoms with Gasteiger partial charge in [0, 0.05) is 32.4 Å². The number of rotatable bonds is 19. The van der Waals surface area contributed by atoms with E-state index in [2.05, 4.69) is 46.9 Å². The molecule has 1 amide bonds. The van der Waals surface area contributed by atoms with Crippen molar-refractivity contribution >= 4 is 14.9 Å². The van der Waals surface area contributed by atoms with Gasteiger partial charge in [-0.3, -0.25) is 0 Å². The van der Waals surface area contributed by atoms with Crippen LogP contribution in [0.25, 0.3) is 0 Å². The Morgan fingerprint density at radius 1 is 0.800 bits per heavy atom. The summed E-state index contributed by atoms with van der Waals surface area (Å²) in [4.78, 5) is 12.0. The predicted molar refractivity (Wildman–Crippen MR) is 120 cm³/mol. The Bertz CT molecular complexity index is 385. The van der Waals surface area contributed by atoms with Crippen LogP contribution in [0.5, 0.6) is 0 Å². The van der Waals surface area contributed by atoms with Crippen LogP contribution in [0.2, 0.25) is 6.04 Å². The topological polar surface area (TPSA) is 66.0 Å². The number of alkyl carbamates (subject to hydrolysis) is 1. The van der Waals surface area contributed by atoms with E-state index in [0.29, 0.717) is 39.0 Å². The van der Waals surface area contributed by atoms with Crippen LogP contribution in [0, 0.1) is 0 Å². The predicted octanol–water partition coefficient (Wildman–Crippen LogP) is 1.20. The second-order valence-corrected chi connectivity index (χ2v) is 10.1. The van der Waals surface area contributed by atoms with E-state index in [1.54, 1.807) is 0 Å². The molecule has 1 N–H and O–H groups in total. The number of quaternary nitrogens is 1. The summed E-state index contributed by atoms with van der Waals surface area (Å²) in [6, 6.07) is 0.703. The van der Waals surface area contributed by atoms with E-state index in [9.17, 15) is 4.79 Å². The molecule has 0 saturated carbocycles. The van der Waals surface area contributed by atoms with Gasteiger partial charge in [0.05, 0.1) is 19.6 Å². The van der Waals surface area contributed by atoms with Gasteiger partial charge in [-0.2, -0.15) is 0 Å². The summed E-state index contributed by atoms with van der Waals surface area (Å²) in [5, 5.41) is 2.85. The zero-order chi connectivity index (χ0) is 22.0. The van der Waals surface area contributed by atoms with Crippen molar-refractivity contribution in [2.24, 2.45) is 0 Å². The fraction of sp³-hybridized carbons (Fsp3) is 0.952. The summed E-state index contributed by atoms with van der Waals surface area (Å²) in [7, 11) is -2.69. The Hall–Kier alpha value is -0.383. The van der Waals surface area contributed by atoms with Gasteiger partial charge in [-0.1, -0.05) is 20.8 Å². The van der Waals surface area contributed by atoms with Gasteiger partial charge in [-0.05, 0) is 46.5 Å². The number of likely N-dealkylation sites (N-methyl/N-ethyl adjacent to an activating group) is 1. The fourth-order valence-corrected chi connectivity index (χ4v) is 5.98. The minimum atomic E-state index is -2.69. The van der Waals surface area contributed by atoms with E-state index in [1.807, 2.05) is 0 Å². The van der Waals surface area contributed by atoms with E-state index >= 15 is 0 Å². The van der Waals surface area contributed by atoms with E-state index in [1.165, 1.54) is 0 Å². The highest BCUT2D eigenvalue weighted by molar-refractivity contribution is 6.60. The minimum Gasteiger partial charge on any atom is -1.00 e. The summed E-state index contributed by atoms with van der Waals surface area (Å²) in [5.74, 6) is 0. The molecule has 0 saturated heterocycles. The number of amides is 1. The van der Waals surface area contributed by atoms with E-state index in [4.69, 9.17) is 18.0 Å². The van der Waals surface area contributed by atoms with Crippen LogP contribution < -0.4 is 17.7 Å². The van der Waals surface area contributed by atoms with E-state index in [0.717, 1.165) is 56.3 Å². The summed E-state index contributed by atoms with van der Waals surface area (Å²) in [6.07, 6.45) is 3.18. The molecule has 0 unspecified atom stereocenters. The highest BCUT2D eigenvalue weighted by Gasteiger charge is 2.40. The molecule has 0 rings (SSSR count). The maximum absolute atomic E-state index is 12.0. The van der Waals surface area contributed by atoms with Crippen molar-refractivity contribution < 1.29 is 39.7 Å². The third kappa shape index (κ3) is 13.1. The van der Waals surface area contributed by atoms with Gasteiger partial charge in [-0.15, -0.1) is 0 Å². The van der Waals surface area contributed by atoms with Crippen LogP contribution >= 0.6 is 0 Å². The van der Waals surface area contributed by atoms with Crippen LogP contribution in [0.4, 0.5) is 4.79 Å². The number of carbonyl (C=O) groups is 1. The number of nitrogens with zero attached hydrogens (tertiary/aromatic N) is 1. The monoisotopic (exact) mass is 470 g/mol. The molecule has 0 heterocycles. The summed E-state index contributed by atoms with van der Waals surface area (Å²) >= 11 is 0. The Morgan fingerprint density at radius 3 is 1.67 bits per heavy atom. The molecule has 0 radical (unpaired) electrons. The highest BCUT2D eigenvalue weighted by atomic mass is 35.5. The lowest BCUT2D eigenvalue weighted by atomic mass is 10.3. The number of nitrogens with one attached hydrogen (secondary N) is 1. The van der Waals surface area contributed by atoms with Gasteiger partial charge in [0.15, 0.2) is 0 Å². The van der Waals surface area contributed by atoms with Gasteiger partial charge < -0.3 is 40.2 Å². The molecule has 0 atom stereocenters. The van der Waals surface area contributed by atoms with Crippen molar-refractivity contribution in [3.63, 3.8) is 0 Å². The number of carbonyl (C=O) groups excluding carboxylic acids is 1. The molecule has 0 fully saturated rings. The molecule has 0 aromatic heterocycles. The molecule has 0 aliphatic rings. The first-order valence-corrected chi connectivity index (χ1v) is 13.6. The van der Waals surface area contributed by atoms with Crippen LogP contribution in [0.1, 0.15) is 67.2 Å². The minimum absolute atomic E-state index is 0. The second kappa shape index (κ2) is 19.3. The Balaban J connectivity index is 0. The molecule has 0 aliphatic heterocycles. The van der Waals surface area contributed by atoms with Crippen molar-refractivity contribution in [3.8, 4) is 0 Å². The van der Waals surface area contributed by atoms with Crippen molar-refractivity contribution in [1.29, 1.82) is 0 Å². The molecule has 0 aromatic carbocycles. The molecule has 0 aliphatic carbocycles. The summed E-state index contributed by atoms with van der Waals surface area (Å²) in [5.41, 5.74) is 0. The average molecular weight is 471 g/mol. The van der Waals surface area contributed by atoms with Gasteiger partial charge in [-0.25, -0.2) is 4.79 Å². The van der Waals surface area contributed by atoms with Gasteiger partial charge in [0.1, 0.15) is 13.2 Å². The average Bonchev–Trinajstić information content (AvgIpc) is 2.75. The lowest BCUT2D eigenvalue weighted by Crippen LogP contribution is -3.00. The highest BCUT2D eigenvalue weighted by Crippen LogP contribution is 2.19.